The van der Waals surface area contributed by atoms with Crippen LogP contribution in [0.15, 0.2) is 66.4 Å². The van der Waals surface area contributed by atoms with E-state index in [1.807, 2.05) is 36.4 Å². The van der Waals surface area contributed by atoms with Crippen LogP contribution in [0.5, 0.6) is 5.88 Å². The summed E-state index contributed by atoms with van der Waals surface area (Å²) in [4.78, 5) is 21.4. The molecule has 6 nitrogen and oxygen atoms in total. The molecule has 2 heterocycles. The smallest absolute Gasteiger partial charge is 0.417 e. The summed E-state index contributed by atoms with van der Waals surface area (Å²) < 4.78 is 45.4. The van der Waals surface area contributed by atoms with E-state index in [0.29, 0.717) is 6.20 Å². The van der Waals surface area contributed by atoms with Crippen molar-refractivity contribution in [3.05, 3.63) is 83.2 Å². The predicted molar refractivity (Wildman–Crippen MR) is 132 cm³/mol. The van der Waals surface area contributed by atoms with Crippen LogP contribution in [-0.4, -0.2) is 22.5 Å². The van der Waals surface area contributed by atoms with Crippen molar-refractivity contribution in [3.63, 3.8) is 0 Å². The number of nitrogens with zero attached hydrogens (tertiary/aromatic N) is 3. The fourth-order valence-electron chi connectivity index (χ4n) is 4.53. The van der Waals surface area contributed by atoms with E-state index in [-0.39, 0.29) is 35.0 Å². The normalized spacial score (nSPS) is 15.2. The van der Waals surface area contributed by atoms with Crippen LogP contribution in [-0.2, 0) is 16.5 Å². The molecule has 0 atom stereocenters. The molecule has 0 unspecified atom stereocenters. The maximum Gasteiger partial charge on any atom is 0.417 e. The SMILES string of the molecule is CCOc1ncc(C(F)(F)F)cc1-c1cccc(/C=C(\C#N)C(=O)NC2(c3ccccc3)CCCC2)n1. The maximum absolute atomic E-state index is 13.3. The highest BCUT2D eigenvalue weighted by Crippen LogP contribution is 2.39. The zero-order valence-electron chi connectivity index (χ0n) is 20.2. The van der Waals surface area contributed by atoms with E-state index < -0.39 is 23.2 Å². The first kappa shape index (κ1) is 25.9. The van der Waals surface area contributed by atoms with E-state index in [1.165, 1.54) is 12.1 Å². The van der Waals surface area contributed by atoms with Crippen LogP contribution in [0.2, 0.25) is 0 Å². The van der Waals surface area contributed by atoms with Crippen molar-refractivity contribution in [2.75, 3.05) is 6.61 Å². The number of ether oxygens (including phenoxy) is 1. The summed E-state index contributed by atoms with van der Waals surface area (Å²) in [6.45, 7) is 1.90. The number of hydrogen-bond acceptors (Lipinski definition) is 5. The van der Waals surface area contributed by atoms with E-state index in [2.05, 4.69) is 15.3 Å². The number of alkyl halides is 3. The first-order valence-corrected chi connectivity index (χ1v) is 11.9. The Labute approximate surface area is 212 Å². The number of amides is 1. The summed E-state index contributed by atoms with van der Waals surface area (Å²) >= 11 is 0. The van der Waals surface area contributed by atoms with Crippen molar-refractivity contribution < 1.29 is 22.7 Å². The molecule has 1 aliphatic rings. The van der Waals surface area contributed by atoms with Crippen LogP contribution in [0.1, 0.15) is 49.4 Å². The lowest BCUT2D eigenvalue weighted by molar-refractivity contribution is -0.137. The molecule has 1 saturated carbocycles. The number of hydrogen-bond donors (Lipinski definition) is 1. The molecular weight excluding hydrogens is 481 g/mol. The molecule has 1 amide bonds. The first-order valence-electron chi connectivity index (χ1n) is 11.9. The van der Waals surface area contributed by atoms with Crippen LogP contribution >= 0.6 is 0 Å². The Bertz CT molecular complexity index is 1340. The van der Waals surface area contributed by atoms with Gasteiger partial charge in [-0.05, 0) is 49.6 Å². The molecule has 0 aliphatic heterocycles. The summed E-state index contributed by atoms with van der Waals surface area (Å²) in [6, 6.07) is 17.2. The van der Waals surface area contributed by atoms with E-state index in [1.54, 1.807) is 19.1 Å². The van der Waals surface area contributed by atoms with Gasteiger partial charge in [-0.3, -0.25) is 4.79 Å². The minimum Gasteiger partial charge on any atom is -0.477 e. The summed E-state index contributed by atoms with van der Waals surface area (Å²) in [6.07, 6.45) is 0.881. The molecule has 1 aromatic carbocycles. The largest absolute Gasteiger partial charge is 0.477 e. The predicted octanol–water partition coefficient (Wildman–Crippen LogP) is 6.05. The van der Waals surface area contributed by atoms with Crippen LogP contribution in [0, 0.1) is 11.3 Å². The highest BCUT2D eigenvalue weighted by molar-refractivity contribution is 6.02. The number of aromatic nitrogens is 2. The molecule has 190 valence electrons. The van der Waals surface area contributed by atoms with Crippen LogP contribution in [0.25, 0.3) is 17.3 Å². The number of nitrogens with one attached hydrogen (secondary N) is 1. The quantitative estimate of drug-likeness (QED) is 0.311. The summed E-state index contributed by atoms with van der Waals surface area (Å²) in [5.41, 5.74) is -0.191. The summed E-state index contributed by atoms with van der Waals surface area (Å²) in [7, 11) is 0. The second kappa shape index (κ2) is 10.8. The second-order valence-electron chi connectivity index (χ2n) is 8.73. The molecule has 0 saturated heterocycles. The Kier molecular flexibility index (Phi) is 7.58. The second-order valence-corrected chi connectivity index (χ2v) is 8.73. The number of carbonyl (C=O) groups is 1. The lowest BCUT2D eigenvalue weighted by Gasteiger charge is -2.31. The number of benzene rings is 1. The Morgan fingerprint density at radius 2 is 1.89 bits per heavy atom. The lowest BCUT2D eigenvalue weighted by atomic mass is 9.88. The average Bonchev–Trinajstić information content (AvgIpc) is 3.37. The summed E-state index contributed by atoms with van der Waals surface area (Å²) in [5, 5.41) is 12.8. The minimum absolute atomic E-state index is 0.00779. The van der Waals surface area contributed by atoms with Gasteiger partial charge in [-0.15, -0.1) is 0 Å². The van der Waals surface area contributed by atoms with Crippen molar-refractivity contribution >= 4 is 12.0 Å². The topological polar surface area (TPSA) is 87.9 Å². The molecule has 37 heavy (non-hydrogen) atoms. The number of nitriles is 1. The number of halogens is 3. The molecule has 9 heteroatoms. The van der Waals surface area contributed by atoms with Gasteiger partial charge in [-0.25, -0.2) is 9.97 Å². The molecule has 0 spiro atoms. The van der Waals surface area contributed by atoms with Gasteiger partial charge in [0.25, 0.3) is 5.91 Å². The highest BCUT2D eigenvalue weighted by Gasteiger charge is 2.37. The zero-order valence-corrected chi connectivity index (χ0v) is 20.2. The van der Waals surface area contributed by atoms with Crippen molar-refractivity contribution in [2.45, 2.75) is 44.3 Å². The number of carbonyl (C=O) groups excluding carboxylic acids is 1. The van der Waals surface area contributed by atoms with Crippen LogP contribution in [0.3, 0.4) is 0 Å². The molecule has 2 aromatic heterocycles. The van der Waals surface area contributed by atoms with Crippen molar-refractivity contribution in [1.29, 1.82) is 5.26 Å². The fraction of sp³-hybridized carbons (Fsp3) is 0.286. The molecule has 0 radical (unpaired) electrons. The number of rotatable bonds is 7. The Hall–Kier alpha value is -4.19. The molecule has 3 aromatic rings. The minimum atomic E-state index is -4.59. The van der Waals surface area contributed by atoms with E-state index in [0.717, 1.165) is 37.3 Å². The third-order valence-electron chi connectivity index (χ3n) is 6.30. The summed E-state index contributed by atoms with van der Waals surface area (Å²) in [5.74, 6) is -0.524. The van der Waals surface area contributed by atoms with Gasteiger partial charge in [0, 0.05) is 6.20 Å². The average molecular weight is 507 g/mol. The van der Waals surface area contributed by atoms with E-state index in [4.69, 9.17) is 4.74 Å². The monoisotopic (exact) mass is 506 g/mol. The maximum atomic E-state index is 13.3. The standard InChI is InChI=1S/C28H25F3N4O2/c1-2-37-26-23(16-21(18-33-26)28(29,30)31)24-12-8-11-22(34-24)15-19(17-32)25(36)35-27(13-6-7-14-27)20-9-4-3-5-10-20/h3-5,8-12,15-16,18H,2,6-7,13-14H2,1H3,(H,35,36)/b19-15+. The Balaban J connectivity index is 1.66. The van der Waals surface area contributed by atoms with E-state index >= 15 is 0 Å². The molecule has 0 bridgehead atoms. The van der Waals surface area contributed by atoms with Gasteiger partial charge in [-0.2, -0.15) is 18.4 Å². The third-order valence-corrected chi connectivity index (χ3v) is 6.30. The third kappa shape index (κ3) is 5.80. The van der Waals surface area contributed by atoms with Gasteiger partial charge in [0.2, 0.25) is 5.88 Å². The molecule has 4 rings (SSSR count). The van der Waals surface area contributed by atoms with Crippen molar-refractivity contribution in [1.82, 2.24) is 15.3 Å². The Morgan fingerprint density at radius 1 is 1.16 bits per heavy atom. The fourth-order valence-corrected chi connectivity index (χ4v) is 4.53. The van der Waals surface area contributed by atoms with Crippen LogP contribution in [0.4, 0.5) is 13.2 Å². The van der Waals surface area contributed by atoms with E-state index in [9.17, 15) is 23.2 Å². The molecule has 1 aliphatic carbocycles. The van der Waals surface area contributed by atoms with Crippen LogP contribution < -0.4 is 10.1 Å². The van der Waals surface area contributed by atoms with Crippen molar-refractivity contribution in [3.8, 4) is 23.2 Å². The highest BCUT2D eigenvalue weighted by atomic mass is 19.4. The van der Waals surface area contributed by atoms with Gasteiger partial charge >= 0.3 is 6.18 Å². The van der Waals surface area contributed by atoms with Gasteiger partial charge in [-0.1, -0.05) is 49.2 Å². The molecule has 1 N–H and O–H groups in total. The lowest BCUT2D eigenvalue weighted by Crippen LogP contribution is -2.44. The first-order chi connectivity index (χ1) is 17.8. The van der Waals surface area contributed by atoms with Gasteiger partial charge in [0.15, 0.2) is 0 Å². The molecular formula is C28H25F3N4O2. The van der Waals surface area contributed by atoms with Gasteiger partial charge in [0.1, 0.15) is 11.6 Å². The van der Waals surface area contributed by atoms with Gasteiger partial charge < -0.3 is 10.1 Å². The zero-order chi connectivity index (χ0) is 26.5. The Morgan fingerprint density at radius 3 is 2.54 bits per heavy atom. The number of pyridine rings is 2. The van der Waals surface area contributed by atoms with Crippen molar-refractivity contribution in [2.24, 2.45) is 0 Å². The molecule has 1 fully saturated rings. The van der Waals surface area contributed by atoms with Gasteiger partial charge in [0.05, 0.1) is 34.7 Å².